The number of benzene rings is 2. The van der Waals surface area contributed by atoms with E-state index in [1.807, 2.05) is 73.1 Å². The lowest BCUT2D eigenvalue weighted by atomic mass is 10.2. The average molecular weight is 324 g/mol. The summed E-state index contributed by atoms with van der Waals surface area (Å²) < 4.78 is 13.7. The topological polar surface area (TPSA) is 61.2 Å². The van der Waals surface area contributed by atoms with E-state index in [4.69, 9.17) is 9.47 Å². The summed E-state index contributed by atoms with van der Waals surface area (Å²) in [6.07, 6.45) is -0.396. The van der Waals surface area contributed by atoms with Crippen LogP contribution >= 0.6 is 0 Å². The van der Waals surface area contributed by atoms with Gasteiger partial charge in [-0.05, 0) is 38.1 Å². The van der Waals surface area contributed by atoms with Crippen LogP contribution in [0.25, 0.3) is 11.0 Å². The normalized spacial score (nSPS) is 21.0. The highest BCUT2D eigenvalue weighted by atomic mass is 16.7. The van der Waals surface area contributed by atoms with Gasteiger partial charge in [-0.3, -0.25) is 0 Å². The van der Waals surface area contributed by atoms with Crippen LogP contribution in [0.4, 0.5) is 5.69 Å². The van der Waals surface area contributed by atoms with Crippen molar-refractivity contribution in [3.63, 3.8) is 0 Å². The number of nitrogens with one attached hydrogen (secondary N) is 1. The summed E-state index contributed by atoms with van der Waals surface area (Å²) >= 11 is 0. The van der Waals surface area contributed by atoms with Gasteiger partial charge in [0.2, 0.25) is 0 Å². The van der Waals surface area contributed by atoms with E-state index in [1.165, 1.54) is 0 Å². The first-order chi connectivity index (χ1) is 11.6. The molecule has 0 saturated carbocycles. The van der Waals surface area contributed by atoms with Crippen LogP contribution in [0.15, 0.2) is 54.6 Å². The Balaban J connectivity index is 1.73. The van der Waals surface area contributed by atoms with Crippen LogP contribution in [-0.2, 0) is 9.47 Å². The third-order valence-corrected chi connectivity index (χ3v) is 4.11. The van der Waals surface area contributed by atoms with Crippen molar-refractivity contribution in [2.45, 2.75) is 31.9 Å². The third kappa shape index (κ3) is 2.86. The van der Waals surface area contributed by atoms with Gasteiger partial charge in [-0.1, -0.05) is 35.5 Å². The van der Waals surface area contributed by atoms with Gasteiger partial charge in [0.25, 0.3) is 0 Å². The molecule has 0 spiro atoms. The lowest BCUT2D eigenvalue weighted by Gasteiger charge is -2.26. The molecule has 0 aliphatic carbocycles. The molecule has 2 heterocycles. The van der Waals surface area contributed by atoms with Crippen molar-refractivity contribution in [1.29, 1.82) is 0 Å². The monoisotopic (exact) mass is 324 g/mol. The Labute approximate surface area is 140 Å². The van der Waals surface area contributed by atoms with Crippen molar-refractivity contribution in [3.05, 3.63) is 54.6 Å². The summed E-state index contributed by atoms with van der Waals surface area (Å²) in [7, 11) is 0. The van der Waals surface area contributed by atoms with E-state index in [0.29, 0.717) is 6.61 Å². The molecule has 0 amide bonds. The lowest BCUT2D eigenvalue weighted by Crippen LogP contribution is -2.34. The Morgan fingerprint density at radius 3 is 2.62 bits per heavy atom. The number of rotatable bonds is 4. The minimum absolute atomic E-state index is 0.176. The predicted octanol–water partition coefficient (Wildman–Crippen LogP) is 3.19. The highest BCUT2D eigenvalue weighted by Crippen LogP contribution is 2.31. The van der Waals surface area contributed by atoms with Crippen LogP contribution in [0.1, 0.15) is 20.0 Å². The number of aromatic nitrogens is 3. The fourth-order valence-electron chi connectivity index (χ4n) is 2.98. The van der Waals surface area contributed by atoms with E-state index < -0.39 is 5.79 Å². The van der Waals surface area contributed by atoms with E-state index in [2.05, 4.69) is 15.6 Å². The van der Waals surface area contributed by atoms with Crippen molar-refractivity contribution in [2.75, 3.05) is 11.9 Å². The average Bonchev–Trinajstić information content (AvgIpc) is 3.17. The molecule has 1 saturated heterocycles. The number of hydrogen-bond donors (Lipinski definition) is 1. The first-order valence-electron chi connectivity index (χ1n) is 8.06. The molecular formula is C18H20N4O2. The molecule has 2 aromatic carbocycles. The smallest absolute Gasteiger partial charge is 0.163 e. The maximum atomic E-state index is 6.08. The van der Waals surface area contributed by atoms with Crippen molar-refractivity contribution in [3.8, 4) is 0 Å². The molecule has 1 aliphatic heterocycles. The number of ether oxygens (including phenoxy) is 2. The molecule has 3 aromatic rings. The van der Waals surface area contributed by atoms with E-state index >= 15 is 0 Å². The molecule has 0 radical (unpaired) electrons. The van der Waals surface area contributed by atoms with Gasteiger partial charge >= 0.3 is 0 Å². The molecular weight excluding hydrogens is 304 g/mol. The molecule has 1 unspecified atom stereocenters. The van der Waals surface area contributed by atoms with Crippen LogP contribution in [-0.4, -0.2) is 33.5 Å². The van der Waals surface area contributed by atoms with E-state index in [-0.39, 0.29) is 12.3 Å². The summed E-state index contributed by atoms with van der Waals surface area (Å²) in [5.74, 6) is -0.600. The second-order valence-corrected chi connectivity index (χ2v) is 6.35. The molecule has 2 atom stereocenters. The van der Waals surface area contributed by atoms with E-state index in [1.54, 1.807) is 0 Å². The van der Waals surface area contributed by atoms with Gasteiger partial charge in [-0.15, -0.1) is 5.10 Å². The van der Waals surface area contributed by atoms with Crippen molar-refractivity contribution in [1.82, 2.24) is 15.0 Å². The zero-order chi connectivity index (χ0) is 16.6. The quantitative estimate of drug-likeness (QED) is 0.798. The molecule has 1 aliphatic rings. The molecule has 6 nitrogen and oxygen atoms in total. The van der Waals surface area contributed by atoms with Gasteiger partial charge in [0, 0.05) is 5.69 Å². The summed E-state index contributed by atoms with van der Waals surface area (Å²) in [5.41, 5.74) is 2.81. The molecule has 1 fully saturated rings. The molecule has 24 heavy (non-hydrogen) atoms. The van der Waals surface area contributed by atoms with Crippen LogP contribution in [0.2, 0.25) is 0 Å². The van der Waals surface area contributed by atoms with Crippen molar-refractivity contribution < 1.29 is 9.47 Å². The first-order valence-corrected chi connectivity index (χ1v) is 8.06. The van der Waals surface area contributed by atoms with Gasteiger partial charge in [-0.25, -0.2) is 4.68 Å². The number of fused-ring (bicyclic) bond motifs is 1. The summed E-state index contributed by atoms with van der Waals surface area (Å²) in [4.78, 5) is 0. The zero-order valence-electron chi connectivity index (χ0n) is 13.7. The second-order valence-electron chi connectivity index (χ2n) is 6.35. The minimum Gasteiger partial charge on any atom is -0.361 e. The lowest BCUT2D eigenvalue weighted by molar-refractivity contribution is -0.142. The fourth-order valence-corrected chi connectivity index (χ4v) is 2.98. The standard InChI is InChI=1S/C18H20N4O2/c1-18(2)23-12-16(24-18)17(19-13-8-4-3-5-9-13)22-15-11-7-6-10-14(15)20-21-22/h3-11,16-17,19H,12H2,1-2H3/t16-,17?/m1/s1. The van der Waals surface area contributed by atoms with Crippen LogP contribution < -0.4 is 5.32 Å². The van der Waals surface area contributed by atoms with Gasteiger partial charge in [0.1, 0.15) is 11.6 Å². The van der Waals surface area contributed by atoms with E-state index in [9.17, 15) is 0 Å². The Hall–Kier alpha value is -2.44. The predicted molar refractivity (Wildman–Crippen MR) is 91.5 cm³/mol. The highest BCUT2D eigenvalue weighted by Gasteiger charge is 2.39. The van der Waals surface area contributed by atoms with Gasteiger partial charge < -0.3 is 14.8 Å². The summed E-state index contributed by atoms with van der Waals surface area (Å²) in [5, 5.41) is 12.1. The van der Waals surface area contributed by atoms with Crippen LogP contribution in [0, 0.1) is 0 Å². The van der Waals surface area contributed by atoms with Gasteiger partial charge in [0.15, 0.2) is 12.0 Å². The molecule has 4 rings (SSSR count). The molecule has 124 valence electrons. The Morgan fingerprint density at radius 1 is 1.12 bits per heavy atom. The minimum atomic E-state index is -0.600. The molecule has 6 heteroatoms. The number of hydrogen-bond acceptors (Lipinski definition) is 5. The van der Waals surface area contributed by atoms with Gasteiger partial charge in [0.05, 0.1) is 12.1 Å². The summed E-state index contributed by atoms with van der Waals surface area (Å²) in [6, 6.07) is 17.9. The second kappa shape index (κ2) is 5.89. The highest BCUT2D eigenvalue weighted by molar-refractivity contribution is 5.74. The van der Waals surface area contributed by atoms with E-state index in [0.717, 1.165) is 16.7 Å². The Kier molecular flexibility index (Phi) is 3.70. The van der Waals surface area contributed by atoms with Crippen LogP contribution in [0.3, 0.4) is 0 Å². The fraction of sp³-hybridized carbons (Fsp3) is 0.333. The molecule has 1 aromatic heterocycles. The Morgan fingerprint density at radius 2 is 1.88 bits per heavy atom. The van der Waals surface area contributed by atoms with Crippen molar-refractivity contribution in [2.24, 2.45) is 0 Å². The number of anilines is 1. The first kappa shape index (κ1) is 15.1. The largest absolute Gasteiger partial charge is 0.361 e. The number of para-hydroxylation sites is 2. The summed E-state index contributed by atoms with van der Waals surface area (Å²) in [6.45, 7) is 4.34. The van der Waals surface area contributed by atoms with Crippen molar-refractivity contribution >= 4 is 16.7 Å². The molecule has 0 bridgehead atoms. The number of nitrogens with zero attached hydrogens (tertiary/aromatic N) is 3. The maximum absolute atomic E-state index is 6.08. The molecule has 1 N–H and O–H groups in total. The van der Waals surface area contributed by atoms with Gasteiger partial charge in [-0.2, -0.15) is 0 Å². The van der Waals surface area contributed by atoms with Crippen LogP contribution in [0.5, 0.6) is 0 Å². The zero-order valence-corrected chi connectivity index (χ0v) is 13.7. The Bertz CT molecular complexity index is 831. The maximum Gasteiger partial charge on any atom is 0.163 e. The SMILES string of the molecule is CC1(C)OC[C@H](C(Nc2ccccc2)n2nnc3ccccc32)O1. The third-order valence-electron chi connectivity index (χ3n) is 4.11.